The number of ether oxygens (including phenoxy) is 1. The lowest BCUT2D eigenvalue weighted by atomic mass is 10.1. The van der Waals surface area contributed by atoms with Crippen molar-refractivity contribution in [2.45, 2.75) is 25.7 Å². The van der Waals surface area contributed by atoms with Gasteiger partial charge in [-0.2, -0.15) is 5.10 Å². The van der Waals surface area contributed by atoms with Crippen LogP contribution in [0.3, 0.4) is 0 Å². The lowest BCUT2D eigenvalue weighted by Gasteiger charge is -2.25. The third-order valence-corrected chi connectivity index (χ3v) is 4.84. The molecule has 1 fully saturated rings. The first-order valence-electron chi connectivity index (χ1n) is 8.76. The SMILES string of the molecule is COC.O=C(CN1CCCCC1)NC1=NN(c2ccc(Cl)c(Cl)c2)CC1. The molecule has 0 bridgehead atoms. The van der Waals surface area contributed by atoms with E-state index < -0.39 is 0 Å². The minimum atomic E-state index is 0.0154. The van der Waals surface area contributed by atoms with Gasteiger partial charge in [-0.1, -0.05) is 29.6 Å². The lowest BCUT2D eigenvalue weighted by Crippen LogP contribution is -2.41. The fourth-order valence-corrected chi connectivity index (χ4v) is 3.19. The highest BCUT2D eigenvalue weighted by Gasteiger charge is 2.20. The van der Waals surface area contributed by atoms with Gasteiger partial charge in [0, 0.05) is 27.2 Å². The number of amidine groups is 1. The van der Waals surface area contributed by atoms with Crippen molar-refractivity contribution in [2.75, 3.05) is 45.4 Å². The van der Waals surface area contributed by atoms with E-state index in [4.69, 9.17) is 23.2 Å². The van der Waals surface area contributed by atoms with E-state index in [0.29, 0.717) is 28.8 Å². The Balaban J connectivity index is 0.000000758. The number of carbonyl (C=O) groups excluding carboxylic acids is 1. The van der Waals surface area contributed by atoms with Crippen LogP contribution in [0.4, 0.5) is 5.69 Å². The molecule has 0 aliphatic carbocycles. The van der Waals surface area contributed by atoms with Crippen LogP contribution in [0.25, 0.3) is 0 Å². The molecule has 0 saturated carbocycles. The van der Waals surface area contributed by atoms with Gasteiger partial charge in [-0.25, -0.2) is 0 Å². The van der Waals surface area contributed by atoms with Crippen molar-refractivity contribution in [3.63, 3.8) is 0 Å². The van der Waals surface area contributed by atoms with Crippen molar-refractivity contribution in [1.82, 2.24) is 10.2 Å². The summed E-state index contributed by atoms with van der Waals surface area (Å²) in [7, 11) is 3.25. The zero-order valence-electron chi connectivity index (χ0n) is 15.3. The zero-order valence-corrected chi connectivity index (χ0v) is 16.8. The van der Waals surface area contributed by atoms with Crippen LogP contribution in [0, 0.1) is 0 Å². The molecule has 1 aromatic carbocycles. The molecule has 3 rings (SSSR count). The number of hydrogen-bond acceptors (Lipinski definition) is 5. The van der Waals surface area contributed by atoms with Gasteiger partial charge in [-0.15, -0.1) is 0 Å². The van der Waals surface area contributed by atoms with Crippen molar-refractivity contribution in [1.29, 1.82) is 0 Å². The number of anilines is 1. The van der Waals surface area contributed by atoms with E-state index in [2.05, 4.69) is 20.1 Å². The highest BCUT2D eigenvalue weighted by Crippen LogP contribution is 2.28. The number of hydrazone groups is 1. The number of halogens is 2. The highest BCUT2D eigenvalue weighted by molar-refractivity contribution is 6.42. The minimum Gasteiger partial charge on any atom is -0.388 e. The number of piperidine rings is 1. The van der Waals surface area contributed by atoms with Gasteiger partial charge in [0.1, 0.15) is 5.84 Å². The van der Waals surface area contributed by atoms with Gasteiger partial charge >= 0.3 is 0 Å². The molecule has 0 unspecified atom stereocenters. The van der Waals surface area contributed by atoms with E-state index in [1.54, 1.807) is 26.4 Å². The fraction of sp³-hybridized carbons (Fsp3) is 0.556. The molecule has 8 heteroatoms. The van der Waals surface area contributed by atoms with Crippen LogP contribution in [0.5, 0.6) is 0 Å². The van der Waals surface area contributed by atoms with Crippen molar-refractivity contribution < 1.29 is 9.53 Å². The molecular weight excluding hydrogens is 375 g/mol. The lowest BCUT2D eigenvalue weighted by molar-refractivity contribution is -0.121. The van der Waals surface area contributed by atoms with Gasteiger partial charge in [-0.05, 0) is 44.1 Å². The maximum atomic E-state index is 12.1. The Morgan fingerprint density at radius 3 is 2.50 bits per heavy atom. The van der Waals surface area contributed by atoms with Crippen molar-refractivity contribution in [3.8, 4) is 0 Å². The van der Waals surface area contributed by atoms with Crippen LogP contribution in [0.1, 0.15) is 25.7 Å². The first kappa shape index (κ1) is 21.0. The minimum absolute atomic E-state index is 0.0154. The largest absolute Gasteiger partial charge is 0.388 e. The second-order valence-electron chi connectivity index (χ2n) is 6.31. The second kappa shape index (κ2) is 10.7. The Morgan fingerprint density at radius 2 is 1.85 bits per heavy atom. The van der Waals surface area contributed by atoms with Gasteiger partial charge in [0.15, 0.2) is 0 Å². The fourth-order valence-electron chi connectivity index (χ4n) is 2.90. The second-order valence-corrected chi connectivity index (χ2v) is 7.13. The van der Waals surface area contributed by atoms with Crippen LogP contribution in [-0.4, -0.2) is 57.0 Å². The topological polar surface area (TPSA) is 57.2 Å². The number of rotatable bonds is 3. The molecule has 0 atom stereocenters. The number of likely N-dealkylation sites (tertiary alicyclic amines) is 1. The van der Waals surface area contributed by atoms with Crippen LogP contribution in [0.2, 0.25) is 10.0 Å². The summed E-state index contributed by atoms with van der Waals surface area (Å²) in [5, 5.41) is 10.2. The summed E-state index contributed by atoms with van der Waals surface area (Å²) in [5.41, 5.74) is 0.875. The Hall–Kier alpha value is -1.34. The predicted octanol–water partition coefficient (Wildman–Crippen LogP) is 3.38. The summed E-state index contributed by atoms with van der Waals surface area (Å²) in [6.45, 7) is 3.19. The number of methoxy groups -OCH3 is 1. The summed E-state index contributed by atoms with van der Waals surface area (Å²) >= 11 is 12.0. The molecule has 2 heterocycles. The van der Waals surface area contributed by atoms with E-state index in [9.17, 15) is 4.79 Å². The molecule has 2 aliphatic rings. The average Bonchev–Trinajstić information content (AvgIpc) is 3.07. The highest BCUT2D eigenvalue weighted by atomic mass is 35.5. The molecule has 1 amide bonds. The molecule has 1 N–H and O–H groups in total. The molecule has 2 aliphatic heterocycles. The summed E-state index contributed by atoms with van der Waals surface area (Å²) in [5.74, 6) is 0.722. The van der Waals surface area contributed by atoms with Crippen LogP contribution >= 0.6 is 23.2 Å². The van der Waals surface area contributed by atoms with E-state index >= 15 is 0 Å². The molecule has 1 saturated heterocycles. The standard InChI is InChI=1S/C16H20Cl2N4O.C2H6O/c17-13-5-4-12(10-14(13)18)22-9-6-15(20-22)19-16(23)11-21-7-2-1-3-8-21;1-3-2/h4-5,10H,1-3,6-9,11H2,(H,19,20,23);1-2H3. The van der Waals surface area contributed by atoms with Gasteiger partial charge in [0.05, 0.1) is 22.3 Å². The Kier molecular flexibility index (Phi) is 8.65. The van der Waals surface area contributed by atoms with Crippen LogP contribution < -0.4 is 10.3 Å². The van der Waals surface area contributed by atoms with Crippen LogP contribution in [0.15, 0.2) is 23.3 Å². The molecule has 26 heavy (non-hydrogen) atoms. The number of nitrogens with zero attached hydrogens (tertiary/aromatic N) is 3. The molecule has 6 nitrogen and oxygen atoms in total. The van der Waals surface area contributed by atoms with Crippen molar-refractivity contribution in [2.24, 2.45) is 5.10 Å². The van der Waals surface area contributed by atoms with Gasteiger partial charge < -0.3 is 10.1 Å². The quantitative estimate of drug-likeness (QED) is 0.844. The molecule has 144 valence electrons. The summed E-state index contributed by atoms with van der Waals surface area (Å²) < 4.78 is 4.25. The monoisotopic (exact) mass is 400 g/mol. The summed E-state index contributed by atoms with van der Waals surface area (Å²) in [4.78, 5) is 14.3. The Bertz CT molecular complexity index is 634. The van der Waals surface area contributed by atoms with Gasteiger partial charge in [0.2, 0.25) is 5.91 Å². The van der Waals surface area contributed by atoms with E-state index in [1.165, 1.54) is 19.3 Å². The number of amides is 1. The number of hydrogen-bond donors (Lipinski definition) is 1. The Labute approximate surface area is 165 Å². The Morgan fingerprint density at radius 1 is 1.15 bits per heavy atom. The maximum absolute atomic E-state index is 12.1. The smallest absolute Gasteiger partial charge is 0.239 e. The first-order chi connectivity index (χ1) is 12.5. The van der Waals surface area contributed by atoms with Gasteiger partial charge in [-0.3, -0.25) is 14.7 Å². The van der Waals surface area contributed by atoms with E-state index in [-0.39, 0.29) is 5.91 Å². The van der Waals surface area contributed by atoms with E-state index in [1.807, 2.05) is 11.1 Å². The third kappa shape index (κ3) is 6.43. The maximum Gasteiger partial charge on any atom is 0.239 e. The normalized spacial score (nSPS) is 17.4. The van der Waals surface area contributed by atoms with Crippen molar-refractivity contribution >= 4 is 40.6 Å². The molecule has 1 aromatic rings. The van der Waals surface area contributed by atoms with E-state index in [0.717, 1.165) is 25.3 Å². The third-order valence-electron chi connectivity index (χ3n) is 4.10. The number of benzene rings is 1. The van der Waals surface area contributed by atoms with Gasteiger partial charge in [0.25, 0.3) is 0 Å². The summed E-state index contributed by atoms with van der Waals surface area (Å²) in [6.07, 6.45) is 4.34. The molecule has 0 aromatic heterocycles. The first-order valence-corrected chi connectivity index (χ1v) is 9.51. The molecule has 0 spiro atoms. The number of carbonyl (C=O) groups is 1. The molecule has 0 radical (unpaired) electrons. The average molecular weight is 401 g/mol. The summed E-state index contributed by atoms with van der Waals surface area (Å²) in [6, 6.07) is 5.41. The predicted molar refractivity (Wildman–Crippen MR) is 107 cm³/mol. The molecular formula is C18H26Cl2N4O2. The van der Waals surface area contributed by atoms with Crippen LogP contribution in [-0.2, 0) is 9.53 Å². The number of nitrogens with one attached hydrogen (secondary N) is 1. The van der Waals surface area contributed by atoms with Crippen molar-refractivity contribution in [3.05, 3.63) is 28.2 Å². The zero-order chi connectivity index (χ0) is 18.9.